The summed E-state index contributed by atoms with van der Waals surface area (Å²) in [5, 5.41) is 11.9. The molecule has 0 bridgehead atoms. The second-order valence-electron chi connectivity index (χ2n) is 3.75. The van der Waals surface area contributed by atoms with Crippen LogP contribution in [0.4, 0.5) is 5.69 Å². The fourth-order valence-electron chi connectivity index (χ4n) is 1.25. The van der Waals surface area contributed by atoms with Crippen LogP contribution in [0.2, 0.25) is 0 Å². The van der Waals surface area contributed by atoms with Crippen LogP contribution in [0, 0.1) is 18.3 Å². The molecule has 0 spiro atoms. The zero-order valence-corrected chi connectivity index (χ0v) is 9.91. The molecule has 1 N–H and O–H groups in total. The average molecular weight is 212 g/mol. The molecule has 0 amide bonds. The molecule has 2 nitrogen and oxygen atoms in total. The predicted molar refractivity (Wildman–Crippen MR) is 67.9 cm³/mol. The highest BCUT2D eigenvalue weighted by Crippen LogP contribution is 2.15. The largest absolute Gasteiger partial charge is 0.359 e. The van der Waals surface area contributed by atoms with Crippen LogP contribution in [0.15, 0.2) is 47.7 Å². The molecule has 0 radical (unpaired) electrons. The molecule has 82 valence electrons. The van der Waals surface area contributed by atoms with Crippen LogP contribution in [-0.2, 0) is 0 Å². The summed E-state index contributed by atoms with van der Waals surface area (Å²) in [6, 6.07) is 10.2. The normalized spacial score (nSPS) is 12.1. The maximum atomic E-state index is 8.61. The molecule has 2 heteroatoms. The van der Waals surface area contributed by atoms with E-state index in [1.807, 2.05) is 31.2 Å². The first kappa shape index (κ1) is 12.1. The summed E-state index contributed by atoms with van der Waals surface area (Å²) in [7, 11) is 0. The van der Waals surface area contributed by atoms with Gasteiger partial charge in [-0.05, 0) is 44.6 Å². The summed E-state index contributed by atoms with van der Waals surface area (Å²) in [4.78, 5) is 0. The standard InChI is InChI=1S/C14H16N2/c1-11(10-15)8-9-13(3)16-14-7-5-4-6-12(14)2/h4-9,16H,1-3H3/b11-8+,13-9+. The second-order valence-corrected chi connectivity index (χ2v) is 3.75. The van der Waals surface area contributed by atoms with Crippen molar-refractivity contribution < 1.29 is 0 Å². The Kier molecular flexibility index (Phi) is 4.35. The highest BCUT2D eigenvalue weighted by atomic mass is 14.9. The summed E-state index contributed by atoms with van der Waals surface area (Å²) in [5.41, 5.74) is 4.02. The van der Waals surface area contributed by atoms with E-state index in [0.717, 1.165) is 11.4 Å². The van der Waals surface area contributed by atoms with Gasteiger partial charge in [0.15, 0.2) is 0 Å². The minimum absolute atomic E-state index is 0.700. The molecular weight excluding hydrogens is 196 g/mol. The van der Waals surface area contributed by atoms with E-state index in [9.17, 15) is 0 Å². The monoisotopic (exact) mass is 212 g/mol. The van der Waals surface area contributed by atoms with Gasteiger partial charge < -0.3 is 5.32 Å². The molecule has 1 aromatic carbocycles. The van der Waals surface area contributed by atoms with Gasteiger partial charge in [-0.15, -0.1) is 0 Å². The van der Waals surface area contributed by atoms with Gasteiger partial charge in [0, 0.05) is 17.0 Å². The van der Waals surface area contributed by atoms with Crippen LogP contribution in [0.3, 0.4) is 0 Å². The zero-order chi connectivity index (χ0) is 12.0. The van der Waals surface area contributed by atoms with E-state index >= 15 is 0 Å². The Morgan fingerprint density at radius 1 is 1.25 bits per heavy atom. The Hall–Kier alpha value is -2.01. The van der Waals surface area contributed by atoms with E-state index in [2.05, 4.69) is 24.4 Å². The van der Waals surface area contributed by atoms with E-state index < -0.39 is 0 Å². The fourth-order valence-corrected chi connectivity index (χ4v) is 1.25. The molecule has 1 rings (SSSR count). The van der Waals surface area contributed by atoms with Gasteiger partial charge in [-0.2, -0.15) is 5.26 Å². The summed E-state index contributed by atoms with van der Waals surface area (Å²) in [6.45, 7) is 5.83. The van der Waals surface area contributed by atoms with Gasteiger partial charge in [0.25, 0.3) is 0 Å². The van der Waals surface area contributed by atoms with Crippen molar-refractivity contribution in [2.24, 2.45) is 0 Å². The lowest BCUT2D eigenvalue weighted by Gasteiger charge is -2.08. The molecule has 0 saturated heterocycles. The molecule has 1 aromatic rings. The van der Waals surface area contributed by atoms with Crippen molar-refractivity contribution in [3.63, 3.8) is 0 Å². The molecule has 0 aliphatic carbocycles. The van der Waals surface area contributed by atoms with Gasteiger partial charge >= 0.3 is 0 Å². The Balaban J connectivity index is 2.76. The molecule has 0 fully saturated rings. The van der Waals surface area contributed by atoms with Gasteiger partial charge in [-0.1, -0.05) is 18.2 Å². The first-order valence-corrected chi connectivity index (χ1v) is 5.21. The number of anilines is 1. The van der Waals surface area contributed by atoms with Crippen LogP contribution in [0.25, 0.3) is 0 Å². The maximum Gasteiger partial charge on any atom is 0.0944 e. The lowest BCUT2D eigenvalue weighted by molar-refractivity contribution is 1.33. The lowest BCUT2D eigenvalue weighted by Crippen LogP contribution is -1.96. The van der Waals surface area contributed by atoms with Crippen LogP contribution in [-0.4, -0.2) is 0 Å². The number of para-hydroxylation sites is 1. The number of hydrogen-bond donors (Lipinski definition) is 1. The van der Waals surface area contributed by atoms with Crippen molar-refractivity contribution in [1.82, 2.24) is 0 Å². The van der Waals surface area contributed by atoms with Crippen molar-refractivity contribution in [2.45, 2.75) is 20.8 Å². The molecule has 0 unspecified atom stereocenters. The van der Waals surface area contributed by atoms with Crippen molar-refractivity contribution in [3.8, 4) is 6.07 Å². The number of nitrogens with one attached hydrogen (secondary N) is 1. The summed E-state index contributed by atoms with van der Waals surface area (Å²) in [6.07, 6.45) is 3.71. The van der Waals surface area contributed by atoms with Crippen LogP contribution < -0.4 is 5.32 Å². The molecule has 0 heterocycles. The molecule has 0 aromatic heterocycles. The van der Waals surface area contributed by atoms with E-state index in [1.165, 1.54) is 5.56 Å². The molecular formula is C14H16N2. The predicted octanol–water partition coefficient (Wildman–Crippen LogP) is 3.78. The first-order valence-electron chi connectivity index (χ1n) is 5.21. The molecule has 16 heavy (non-hydrogen) atoms. The van der Waals surface area contributed by atoms with Crippen LogP contribution in [0.5, 0.6) is 0 Å². The van der Waals surface area contributed by atoms with Gasteiger partial charge in [-0.25, -0.2) is 0 Å². The Morgan fingerprint density at radius 3 is 2.56 bits per heavy atom. The quantitative estimate of drug-likeness (QED) is 0.611. The lowest BCUT2D eigenvalue weighted by atomic mass is 10.2. The van der Waals surface area contributed by atoms with Crippen molar-refractivity contribution in [3.05, 3.63) is 53.3 Å². The van der Waals surface area contributed by atoms with Crippen molar-refractivity contribution in [2.75, 3.05) is 5.32 Å². The van der Waals surface area contributed by atoms with Gasteiger partial charge in [0.2, 0.25) is 0 Å². The number of allylic oxidation sites excluding steroid dienone is 4. The minimum atomic E-state index is 0.700. The van der Waals surface area contributed by atoms with E-state index in [4.69, 9.17) is 5.26 Å². The third kappa shape index (κ3) is 3.62. The maximum absolute atomic E-state index is 8.61. The highest BCUT2D eigenvalue weighted by molar-refractivity contribution is 5.54. The number of aryl methyl sites for hydroxylation is 1. The number of hydrogen-bond acceptors (Lipinski definition) is 2. The third-order valence-electron chi connectivity index (χ3n) is 2.24. The average Bonchev–Trinajstić information content (AvgIpc) is 2.29. The SMILES string of the molecule is C/C(C#N)=C\C=C(/C)Nc1ccccc1C. The summed E-state index contributed by atoms with van der Waals surface area (Å²) < 4.78 is 0. The van der Waals surface area contributed by atoms with Crippen molar-refractivity contribution >= 4 is 5.69 Å². The molecule has 0 aliphatic heterocycles. The molecule has 0 atom stereocenters. The van der Waals surface area contributed by atoms with Crippen molar-refractivity contribution in [1.29, 1.82) is 5.26 Å². The summed E-state index contributed by atoms with van der Waals surface area (Å²) >= 11 is 0. The fraction of sp³-hybridized carbons (Fsp3) is 0.214. The van der Waals surface area contributed by atoms with E-state index in [0.29, 0.717) is 5.57 Å². The van der Waals surface area contributed by atoms with E-state index in [1.54, 1.807) is 13.0 Å². The number of benzene rings is 1. The second kappa shape index (κ2) is 5.77. The Labute approximate surface area is 96.9 Å². The molecule has 0 aliphatic rings. The van der Waals surface area contributed by atoms with Gasteiger partial charge in [-0.3, -0.25) is 0 Å². The highest BCUT2D eigenvalue weighted by Gasteiger charge is 1.95. The van der Waals surface area contributed by atoms with Gasteiger partial charge in [0.05, 0.1) is 6.07 Å². The topological polar surface area (TPSA) is 35.8 Å². The third-order valence-corrected chi connectivity index (χ3v) is 2.24. The number of rotatable bonds is 3. The minimum Gasteiger partial charge on any atom is -0.359 e. The first-order chi connectivity index (χ1) is 7.63. The smallest absolute Gasteiger partial charge is 0.0944 e. The Morgan fingerprint density at radius 2 is 1.94 bits per heavy atom. The van der Waals surface area contributed by atoms with Crippen LogP contribution >= 0.6 is 0 Å². The summed E-state index contributed by atoms with van der Waals surface area (Å²) in [5.74, 6) is 0. The number of nitrogens with zero attached hydrogens (tertiary/aromatic N) is 1. The van der Waals surface area contributed by atoms with Crippen LogP contribution in [0.1, 0.15) is 19.4 Å². The zero-order valence-electron chi connectivity index (χ0n) is 9.91. The number of nitriles is 1. The van der Waals surface area contributed by atoms with Gasteiger partial charge in [0.1, 0.15) is 0 Å². The molecule has 0 saturated carbocycles. The Bertz CT molecular complexity index is 462. The van der Waals surface area contributed by atoms with E-state index in [-0.39, 0.29) is 0 Å².